The average molecular weight is 611 g/mol. The van der Waals surface area contributed by atoms with Gasteiger partial charge in [0.05, 0.1) is 29.7 Å². The molecule has 0 unspecified atom stereocenters. The molecule has 6 rings (SSSR count). The van der Waals surface area contributed by atoms with Gasteiger partial charge in [0, 0.05) is 41.5 Å². The summed E-state index contributed by atoms with van der Waals surface area (Å²) < 4.78 is 22.5. The minimum absolute atomic E-state index is 0.119. The first-order valence-corrected chi connectivity index (χ1v) is 16.1. The highest BCUT2D eigenvalue weighted by Crippen LogP contribution is 2.42. The third-order valence-corrected chi connectivity index (χ3v) is 10.2. The summed E-state index contributed by atoms with van der Waals surface area (Å²) in [6.07, 6.45) is 5.39. The molecule has 2 fully saturated rings. The summed E-state index contributed by atoms with van der Waals surface area (Å²) in [5.41, 5.74) is 3.79. The monoisotopic (exact) mass is 610 g/mol. The SMILES string of the molecule is C=CC(=O)N1CCN(c2c(C#N)c(OC[C@@H]3CCCN3C)nc3cc(-c4cccc5c4CCCS5)c(F)cc23)C[C@@H]1CC#N. The second kappa shape index (κ2) is 12.9. The van der Waals surface area contributed by atoms with Gasteiger partial charge in [-0.25, -0.2) is 9.37 Å². The number of amides is 1. The van der Waals surface area contributed by atoms with Crippen molar-refractivity contribution in [3.8, 4) is 29.1 Å². The zero-order valence-corrected chi connectivity index (χ0v) is 25.7. The van der Waals surface area contributed by atoms with Gasteiger partial charge in [0.2, 0.25) is 11.8 Å². The molecular formula is C34H35FN6O2S. The van der Waals surface area contributed by atoms with Gasteiger partial charge >= 0.3 is 0 Å². The predicted molar refractivity (Wildman–Crippen MR) is 170 cm³/mol. The number of thioether (sulfide) groups is 1. The molecule has 2 atom stereocenters. The maximum atomic E-state index is 16.2. The van der Waals surface area contributed by atoms with Crippen LogP contribution in [-0.4, -0.2) is 78.4 Å². The molecule has 2 aromatic carbocycles. The number of hydrogen-bond donors (Lipinski definition) is 0. The summed E-state index contributed by atoms with van der Waals surface area (Å²) in [4.78, 5) is 24.5. The van der Waals surface area contributed by atoms with E-state index in [0.717, 1.165) is 49.1 Å². The van der Waals surface area contributed by atoms with Crippen LogP contribution in [0.5, 0.6) is 5.88 Å². The van der Waals surface area contributed by atoms with Crippen molar-refractivity contribution in [1.29, 1.82) is 10.5 Å². The standard InChI is InChI=1S/C34H35FN6O2S/c1-3-32(42)41-15-14-40(20-22(41)11-12-36)33-27-17-29(35)26(24-8-4-10-31-25(24)9-6-16-44-31)18-30(27)38-34(28(33)19-37)43-21-23-7-5-13-39(23)2/h3-4,8,10,17-18,22-23H,1,5-7,9,11,13-16,20-21H2,2H3/t22-,23-/m0/s1. The van der Waals surface area contributed by atoms with E-state index in [9.17, 15) is 15.3 Å². The van der Waals surface area contributed by atoms with Crippen molar-refractivity contribution in [2.45, 2.75) is 49.1 Å². The highest BCUT2D eigenvalue weighted by molar-refractivity contribution is 7.99. The summed E-state index contributed by atoms with van der Waals surface area (Å²) >= 11 is 1.80. The fourth-order valence-corrected chi connectivity index (χ4v) is 7.81. The second-order valence-corrected chi connectivity index (χ2v) is 12.8. The molecule has 10 heteroatoms. The van der Waals surface area contributed by atoms with E-state index in [1.165, 1.54) is 17.0 Å². The number of rotatable bonds is 7. The van der Waals surface area contributed by atoms with Crippen LogP contribution >= 0.6 is 11.8 Å². The lowest BCUT2D eigenvalue weighted by Crippen LogP contribution is -2.55. The molecular weight excluding hydrogens is 575 g/mol. The minimum atomic E-state index is -0.414. The molecule has 1 aromatic heterocycles. The van der Waals surface area contributed by atoms with Crippen LogP contribution in [0.4, 0.5) is 10.1 Å². The molecule has 3 aliphatic rings. The number of anilines is 1. The molecule has 0 aliphatic carbocycles. The molecule has 0 spiro atoms. The number of fused-ring (bicyclic) bond motifs is 2. The van der Waals surface area contributed by atoms with Gasteiger partial charge in [-0.05, 0) is 80.4 Å². The first-order valence-electron chi connectivity index (χ1n) is 15.1. The number of ether oxygens (including phenoxy) is 1. The van der Waals surface area contributed by atoms with Crippen LogP contribution in [0.1, 0.15) is 36.8 Å². The second-order valence-electron chi connectivity index (χ2n) is 11.6. The number of carbonyl (C=O) groups excluding carboxylic acids is 1. The van der Waals surface area contributed by atoms with Crippen molar-refractivity contribution >= 4 is 34.3 Å². The van der Waals surface area contributed by atoms with Crippen LogP contribution in [0.25, 0.3) is 22.0 Å². The van der Waals surface area contributed by atoms with E-state index in [4.69, 9.17) is 9.72 Å². The van der Waals surface area contributed by atoms with Gasteiger partial charge in [0.1, 0.15) is 24.1 Å². The fourth-order valence-electron chi connectivity index (χ4n) is 6.74. The third-order valence-electron chi connectivity index (χ3n) is 9.04. The number of nitriles is 2. The van der Waals surface area contributed by atoms with Crippen LogP contribution in [0.2, 0.25) is 0 Å². The van der Waals surface area contributed by atoms with Gasteiger partial charge < -0.3 is 19.4 Å². The van der Waals surface area contributed by atoms with Crippen LogP contribution in [0.15, 0.2) is 47.9 Å². The lowest BCUT2D eigenvalue weighted by Gasteiger charge is -2.42. The van der Waals surface area contributed by atoms with Crippen molar-refractivity contribution in [1.82, 2.24) is 14.8 Å². The summed E-state index contributed by atoms with van der Waals surface area (Å²) in [7, 11) is 2.07. The molecule has 226 valence electrons. The van der Waals surface area contributed by atoms with E-state index < -0.39 is 6.04 Å². The molecule has 1 amide bonds. The van der Waals surface area contributed by atoms with Gasteiger partial charge in [-0.2, -0.15) is 10.5 Å². The molecule has 0 radical (unpaired) electrons. The maximum Gasteiger partial charge on any atom is 0.246 e. The molecule has 4 heterocycles. The third kappa shape index (κ3) is 5.60. The smallest absolute Gasteiger partial charge is 0.246 e. The van der Waals surface area contributed by atoms with E-state index in [0.29, 0.717) is 48.4 Å². The first kappa shape index (κ1) is 29.9. The number of carbonyl (C=O) groups is 1. The highest BCUT2D eigenvalue weighted by Gasteiger charge is 2.33. The quantitative estimate of drug-likeness (QED) is 0.322. The van der Waals surface area contributed by atoms with E-state index in [1.807, 2.05) is 17.0 Å². The molecule has 0 saturated carbocycles. The molecule has 3 aliphatic heterocycles. The number of pyridine rings is 1. The molecule has 2 saturated heterocycles. The number of likely N-dealkylation sites (N-methyl/N-ethyl adjacent to an activating group) is 1. The topological polar surface area (TPSA) is 96.5 Å². The summed E-state index contributed by atoms with van der Waals surface area (Å²) in [6.45, 7) is 6.03. The Labute approximate surface area is 261 Å². The Morgan fingerprint density at radius 1 is 1.20 bits per heavy atom. The largest absolute Gasteiger partial charge is 0.475 e. The van der Waals surface area contributed by atoms with Crippen molar-refractivity contribution in [2.75, 3.05) is 50.5 Å². The van der Waals surface area contributed by atoms with Crippen LogP contribution in [-0.2, 0) is 11.2 Å². The summed E-state index contributed by atoms with van der Waals surface area (Å²) in [5.74, 6) is 0.645. The Morgan fingerprint density at radius 2 is 2.07 bits per heavy atom. The fraction of sp³-hybridized carbons (Fsp3) is 0.412. The number of likely N-dealkylation sites (tertiary alicyclic amines) is 1. The Morgan fingerprint density at radius 3 is 2.82 bits per heavy atom. The van der Waals surface area contributed by atoms with Gasteiger partial charge in [0.25, 0.3) is 0 Å². The van der Waals surface area contributed by atoms with E-state index in [1.54, 1.807) is 22.7 Å². The highest BCUT2D eigenvalue weighted by atomic mass is 32.2. The van der Waals surface area contributed by atoms with E-state index in [2.05, 4.69) is 36.7 Å². The van der Waals surface area contributed by atoms with Gasteiger partial charge in [0.15, 0.2) is 0 Å². The van der Waals surface area contributed by atoms with Crippen LogP contribution < -0.4 is 9.64 Å². The zero-order chi connectivity index (χ0) is 30.8. The number of aromatic nitrogens is 1. The Bertz CT molecular complexity index is 1700. The van der Waals surface area contributed by atoms with Crippen LogP contribution in [0, 0.1) is 28.5 Å². The molecule has 0 bridgehead atoms. The first-order chi connectivity index (χ1) is 21.4. The van der Waals surface area contributed by atoms with Crippen molar-refractivity contribution < 1.29 is 13.9 Å². The van der Waals surface area contributed by atoms with Crippen molar-refractivity contribution in [3.05, 3.63) is 59.9 Å². The lowest BCUT2D eigenvalue weighted by molar-refractivity contribution is -0.128. The van der Waals surface area contributed by atoms with Crippen molar-refractivity contribution in [3.63, 3.8) is 0 Å². The lowest BCUT2D eigenvalue weighted by atomic mass is 9.94. The Balaban J connectivity index is 1.49. The normalized spacial score (nSPS) is 20.2. The average Bonchev–Trinajstić information content (AvgIpc) is 3.46. The Kier molecular flexibility index (Phi) is 8.74. The van der Waals surface area contributed by atoms with Crippen molar-refractivity contribution in [2.24, 2.45) is 0 Å². The van der Waals surface area contributed by atoms with Gasteiger partial charge in [-0.3, -0.25) is 4.79 Å². The van der Waals surface area contributed by atoms with Gasteiger partial charge in [-0.1, -0.05) is 18.7 Å². The number of benzene rings is 2. The predicted octanol–water partition coefficient (Wildman–Crippen LogP) is 5.54. The van der Waals surface area contributed by atoms with Gasteiger partial charge in [-0.15, -0.1) is 11.8 Å². The number of nitrogens with zero attached hydrogens (tertiary/aromatic N) is 6. The molecule has 0 N–H and O–H groups in total. The number of hydrogen-bond acceptors (Lipinski definition) is 8. The molecule has 44 heavy (non-hydrogen) atoms. The van der Waals surface area contributed by atoms with E-state index >= 15 is 4.39 Å². The van der Waals surface area contributed by atoms with Crippen LogP contribution in [0.3, 0.4) is 0 Å². The zero-order valence-electron chi connectivity index (χ0n) is 24.9. The minimum Gasteiger partial charge on any atom is -0.475 e. The van der Waals surface area contributed by atoms with E-state index in [-0.39, 0.29) is 35.6 Å². The Hall–Kier alpha value is -4.12. The summed E-state index contributed by atoms with van der Waals surface area (Å²) in [6, 6.07) is 13.6. The number of halogens is 1. The molecule has 8 nitrogen and oxygen atoms in total. The maximum absolute atomic E-state index is 16.2. The number of piperazine rings is 1. The summed E-state index contributed by atoms with van der Waals surface area (Å²) in [5, 5.41) is 20.5. The molecule has 3 aromatic rings.